The standard InChI is InChI=1S/C26H28N4S/c1-2-8-20(9-3-1)21-10-12-22(13-11-21)23-18-31-26-24(23)25(28-19-29-26)27-14-4-5-15-30-16-6-7-17-30/h1-3,8-13,18-19H,4-7,14-17H2,(H,27,28,29). The number of hydrogen-bond donors (Lipinski definition) is 1. The van der Waals surface area contributed by atoms with E-state index in [1.54, 1.807) is 17.7 Å². The maximum Gasteiger partial charge on any atom is 0.138 e. The van der Waals surface area contributed by atoms with Crippen molar-refractivity contribution < 1.29 is 0 Å². The van der Waals surface area contributed by atoms with Crippen LogP contribution in [0.2, 0.25) is 0 Å². The molecular weight excluding hydrogens is 400 g/mol. The van der Waals surface area contributed by atoms with Gasteiger partial charge in [0.25, 0.3) is 0 Å². The molecule has 0 atom stereocenters. The molecule has 0 radical (unpaired) electrons. The van der Waals surface area contributed by atoms with Crippen LogP contribution < -0.4 is 5.32 Å². The molecule has 4 nitrogen and oxygen atoms in total. The van der Waals surface area contributed by atoms with Crippen LogP contribution >= 0.6 is 11.3 Å². The summed E-state index contributed by atoms with van der Waals surface area (Å²) in [5, 5.41) is 6.93. The summed E-state index contributed by atoms with van der Waals surface area (Å²) < 4.78 is 0. The highest BCUT2D eigenvalue weighted by Crippen LogP contribution is 2.37. The van der Waals surface area contributed by atoms with Gasteiger partial charge in [0.15, 0.2) is 0 Å². The van der Waals surface area contributed by atoms with Gasteiger partial charge in [0.2, 0.25) is 0 Å². The van der Waals surface area contributed by atoms with Gasteiger partial charge in [-0.05, 0) is 62.0 Å². The van der Waals surface area contributed by atoms with Crippen molar-refractivity contribution in [1.29, 1.82) is 0 Å². The quantitative estimate of drug-likeness (QED) is 0.334. The maximum atomic E-state index is 4.58. The fraction of sp³-hybridized carbons (Fsp3) is 0.308. The van der Waals surface area contributed by atoms with Crippen LogP contribution in [-0.2, 0) is 0 Å². The van der Waals surface area contributed by atoms with E-state index in [9.17, 15) is 0 Å². The molecule has 0 bridgehead atoms. The van der Waals surface area contributed by atoms with Gasteiger partial charge in [0, 0.05) is 17.5 Å². The highest BCUT2D eigenvalue weighted by atomic mass is 32.1. The molecule has 2 aromatic heterocycles. The molecule has 0 unspecified atom stereocenters. The first-order valence-electron chi connectivity index (χ1n) is 11.2. The fourth-order valence-corrected chi connectivity index (χ4v) is 5.28. The summed E-state index contributed by atoms with van der Waals surface area (Å²) in [6, 6.07) is 19.3. The monoisotopic (exact) mass is 428 g/mol. The number of fused-ring (bicyclic) bond motifs is 1. The van der Waals surface area contributed by atoms with E-state index >= 15 is 0 Å². The van der Waals surface area contributed by atoms with Gasteiger partial charge in [-0.25, -0.2) is 9.97 Å². The summed E-state index contributed by atoms with van der Waals surface area (Å²) in [4.78, 5) is 12.7. The van der Waals surface area contributed by atoms with Gasteiger partial charge in [-0.3, -0.25) is 0 Å². The number of benzene rings is 2. The molecule has 0 aliphatic carbocycles. The van der Waals surface area contributed by atoms with Crippen molar-refractivity contribution in [2.45, 2.75) is 25.7 Å². The number of aromatic nitrogens is 2. The van der Waals surface area contributed by atoms with Gasteiger partial charge in [-0.1, -0.05) is 54.6 Å². The van der Waals surface area contributed by atoms with E-state index in [0.717, 1.165) is 29.0 Å². The lowest BCUT2D eigenvalue weighted by molar-refractivity contribution is 0.331. The number of nitrogens with zero attached hydrogens (tertiary/aromatic N) is 3. The van der Waals surface area contributed by atoms with Crippen LogP contribution in [0.1, 0.15) is 25.7 Å². The van der Waals surface area contributed by atoms with Crippen LogP contribution in [0, 0.1) is 0 Å². The minimum absolute atomic E-state index is 0.947. The van der Waals surface area contributed by atoms with Crippen molar-refractivity contribution in [2.24, 2.45) is 0 Å². The van der Waals surface area contributed by atoms with Crippen LogP contribution in [0.3, 0.4) is 0 Å². The predicted molar refractivity (Wildman–Crippen MR) is 132 cm³/mol. The zero-order chi connectivity index (χ0) is 20.9. The van der Waals surface area contributed by atoms with Gasteiger partial charge in [0.1, 0.15) is 17.0 Å². The molecule has 158 valence electrons. The van der Waals surface area contributed by atoms with Crippen molar-refractivity contribution in [2.75, 3.05) is 31.5 Å². The van der Waals surface area contributed by atoms with E-state index in [1.165, 1.54) is 61.2 Å². The Morgan fingerprint density at radius 3 is 2.39 bits per heavy atom. The van der Waals surface area contributed by atoms with Crippen LogP contribution in [-0.4, -0.2) is 41.0 Å². The van der Waals surface area contributed by atoms with Gasteiger partial charge >= 0.3 is 0 Å². The van der Waals surface area contributed by atoms with Crippen LogP contribution in [0.15, 0.2) is 66.3 Å². The van der Waals surface area contributed by atoms with Gasteiger partial charge in [-0.2, -0.15) is 0 Å². The van der Waals surface area contributed by atoms with E-state index < -0.39 is 0 Å². The highest BCUT2D eigenvalue weighted by molar-refractivity contribution is 7.17. The zero-order valence-corrected chi connectivity index (χ0v) is 18.6. The summed E-state index contributed by atoms with van der Waals surface area (Å²) in [6.07, 6.45) is 6.80. The third-order valence-electron chi connectivity index (χ3n) is 6.07. The van der Waals surface area contributed by atoms with Crippen LogP contribution in [0.5, 0.6) is 0 Å². The number of anilines is 1. The van der Waals surface area contributed by atoms with Crippen molar-refractivity contribution >= 4 is 27.4 Å². The maximum absolute atomic E-state index is 4.58. The number of likely N-dealkylation sites (tertiary alicyclic amines) is 1. The first-order chi connectivity index (χ1) is 15.4. The van der Waals surface area contributed by atoms with Crippen LogP contribution in [0.4, 0.5) is 5.82 Å². The Bertz CT molecular complexity index is 1120. The van der Waals surface area contributed by atoms with Gasteiger partial charge < -0.3 is 10.2 Å². The summed E-state index contributed by atoms with van der Waals surface area (Å²) in [5.74, 6) is 0.953. The predicted octanol–water partition coefficient (Wildman–Crippen LogP) is 6.31. The Balaban J connectivity index is 1.30. The fourth-order valence-electron chi connectivity index (χ4n) is 4.37. The molecule has 4 aromatic rings. The molecule has 1 aliphatic heterocycles. The first-order valence-corrected chi connectivity index (χ1v) is 12.1. The summed E-state index contributed by atoms with van der Waals surface area (Å²) in [5.41, 5.74) is 4.89. The zero-order valence-electron chi connectivity index (χ0n) is 17.8. The molecule has 1 N–H and O–H groups in total. The molecular formula is C26H28N4S. The van der Waals surface area contributed by atoms with Gasteiger partial charge in [-0.15, -0.1) is 11.3 Å². The Hall–Kier alpha value is -2.76. The Labute approximate surface area is 188 Å². The molecule has 5 rings (SSSR count). The van der Waals surface area contributed by atoms with E-state index in [0.29, 0.717) is 0 Å². The molecule has 3 heterocycles. The topological polar surface area (TPSA) is 41.1 Å². The lowest BCUT2D eigenvalue weighted by Crippen LogP contribution is -2.20. The molecule has 31 heavy (non-hydrogen) atoms. The van der Waals surface area contributed by atoms with E-state index in [4.69, 9.17) is 0 Å². The van der Waals surface area contributed by atoms with Crippen molar-refractivity contribution in [3.05, 3.63) is 66.3 Å². The second kappa shape index (κ2) is 9.58. The first kappa shape index (κ1) is 20.2. The molecule has 0 saturated carbocycles. The van der Waals surface area contributed by atoms with Crippen molar-refractivity contribution in [3.63, 3.8) is 0 Å². The second-order valence-electron chi connectivity index (χ2n) is 8.18. The number of thiophene rings is 1. The van der Waals surface area contributed by atoms with E-state index in [2.05, 4.69) is 80.2 Å². The average Bonchev–Trinajstić information content (AvgIpc) is 3.50. The number of nitrogens with one attached hydrogen (secondary N) is 1. The van der Waals surface area contributed by atoms with Crippen LogP contribution in [0.25, 0.3) is 32.5 Å². The average molecular weight is 429 g/mol. The van der Waals surface area contributed by atoms with Gasteiger partial charge in [0.05, 0.1) is 5.39 Å². The van der Waals surface area contributed by atoms with E-state index in [1.807, 2.05) is 0 Å². The Kier molecular flexibility index (Phi) is 6.23. The highest BCUT2D eigenvalue weighted by Gasteiger charge is 2.14. The third kappa shape index (κ3) is 4.63. The SMILES string of the molecule is c1ccc(-c2ccc(-c3csc4ncnc(NCCCCN5CCCC5)c34)cc2)cc1. The molecule has 5 heteroatoms. The molecule has 1 fully saturated rings. The smallest absolute Gasteiger partial charge is 0.138 e. The lowest BCUT2D eigenvalue weighted by Gasteiger charge is -2.14. The Morgan fingerprint density at radius 1 is 0.839 bits per heavy atom. The summed E-state index contributed by atoms with van der Waals surface area (Å²) in [7, 11) is 0. The molecule has 2 aromatic carbocycles. The lowest BCUT2D eigenvalue weighted by atomic mass is 10.0. The largest absolute Gasteiger partial charge is 0.369 e. The molecule has 1 aliphatic rings. The normalized spacial score (nSPS) is 14.3. The molecule has 1 saturated heterocycles. The van der Waals surface area contributed by atoms with E-state index in [-0.39, 0.29) is 0 Å². The Morgan fingerprint density at radius 2 is 1.58 bits per heavy atom. The second-order valence-corrected chi connectivity index (χ2v) is 9.04. The number of hydrogen-bond acceptors (Lipinski definition) is 5. The minimum Gasteiger partial charge on any atom is -0.369 e. The third-order valence-corrected chi connectivity index (χ3v) is 6.95. The minimum atomic E-state index is 0.947. The van der Waals surface area contributed by atoms with Crippen molar-refractivity contribution in [1.82, 2.24) is 14.9 Å². The number of unbranched alkanes of at least 4 members (excludes halogenated alkanes) is 1. The van der Waals surface area contributed by atoms with Crippen molar-refractivity contribution in [3.8, 4) is 22.3 Å². The summed E-state index contributed by atoms with van der Waals surface area (Å²) >= 11 is 1.69. The number of rotatable bonds is 8. The molecule has 0 spiro atoms. The molecule has 0 amide bonds. The summed E-state index contributed by atoms with van der Waals surface area (Å²) in [6.45, 7) is 4.73.